The summed E-state index contributed by atoms with van der Waals surface area (Å²) >= 11 is 0. The van der Waals surface area contributed by atoms with Gasteiger partial charge < -0.3 is 9.80 Å². The average molecular weight is 342 g/mol. The number of carbonyl (C=O) groups excluding carboxylic acids is 1. The Kier molecular flexibility index (Phi) is 4.31. The average Bonchev–Trinajstić information content (AvgIpc) is 3.30. The Morgan fingerprint density at radius 1 is 1.08 bits per heavy atom. The lowest BCUT2D eigenvalue weighted by atomic mass is 9.94. The topological polar surface area (TPSA) is 66.6 Å². The van der Waals surface area contributed by atoms with Gasteiger partial charge in [0.15, 0.2) is 11.5 Å². The number of hydrogen-bond donors (Lipinski definition) is 0. The van der Waals surface area contributed by atoms with Crippen LogP contribution in [0.25, 0.3) is 5.65 Å². The van der Waals surface area contributed by atoms with Crippen LogP contribution in [0.4, 0.5) is 5.82 Å². The van der Waals surface area contributed by atoms with E-state index in [2.05, 4.69) is 20.2 Å². The Balaban J connectivity index is 1.48. The maximum Gasteiger partial charge on any atom is 0.225 e. The van der Waals surface area contributed by atoms with Crippen LogP contribution < -0.4 is 4.90 Å². The zero-order valence-corrected chi connectivity index (χ0v) is 15.1. The molecule has 1 aliphatic heterocycles. The molecule has 1 aliphatic carbocycles. The van der Waals surface area contributed by atoms with Crippen LogP contribution in [0.1, 0.15) is 50.3 Å². The number of nitrogens with zero attached hydrogens (tertiary/aromatic N) is 6. The molecular weight excluding hydrogens is 316 g/mol. The molecule has 3 heterocycles. The molecule has 0 unspecified atom stereocenters. The Bertz CT molecular complexity index is 756. The van der Waals surface area contributed by atoms with Crippen molar-refractivity contribution in [1.29, 1.82) is 0 Å². The van der Waals surface area contributed by atoms with Gasteiger partial charge in [0.05, 0.1) is 0 Å². The van der Waals surface area contributed by atoms with E-state index in [9.17, 15) is 4.79 Å². The highest BCUT2D eigenvalue weighted by Gasteiger charge is 2.31. The number of aromatic nitrogens is 4. The molecule has 1 saturated heterocycles. The second kappa shape index (κ2) is 6.61. The van der Waals surface area contributed by atoms with E-state index in [-0.39, 0.29) is 5.92 Å². The van der Waals surface area contributed by atoms with Gasteiger partial charge in [-0.2, -0.15) is 4.52 Å². The van der Waals surface area contributed by atoms with Crippen molar-refractivity contribution in [2.45, 2.75) is 44.4 Å². The molecule has 4 rings (SSSR count). The zero-order valence-electron chi connectivity index (χ0n) is 15.1. The van der Waals surface area contributed by atoms with Crippen LogP contribution in [-0.4, -0.2) is 57.8 Å². The maximum atomic E-state index is 12.6. The third-order valence-corrected chi connectivity index (χ3v) is 5.61. The molecule has 2 fully saturated rings. The highest BCUT2D eigenvalue weighted by molar-refractivity contribution is 5.79. The zero-order chi connectivity index (χ0) is 17.4. The van der Waals surface area contributed by atoms with E-state index in [1.807, 2.05) is 35.6 Å². The van der Waals surface area contributed by atoms with Crippen molar-refractivity contribution < 1.29 is 4.79 Å². The molecule has 0 atom stereocenters. The van der Waals surface area contributed by atoms with Crippen LogP contribution in [0.15, 0.2) is 12.1 Å². The van der Waals surface area contributed by atoms with Crippen LogP contribution in [-0.2, 0) is 4.79 Å². The molecule has 0 bridgehead atoms. The Morgan fingerprint density at radius 3 is 2.48 bits per heavy atom. The molecule has 0 aromatic carbocycles. The van der Waals surface area contributed by atoms with E-state index in [0.29, 0.717) is 11.8 Å². The lowest BCUT2D eigenvalue weighted by Gasteiger charge is -2.32. The molecule has 0 N–H and O–H groups in total. The smallest absolute Gasteiger partial charge is 0.225 e. The van der Waals surface area contributed by atoms with Gasteiger partial charge in [-0.05, 0) is 37.8 Å². The number of likely N-dealkylation sites (tertiary alicyclic amines) is 1. The van der Waals surface area contributed by atoms with E-state index in [1.54, 1.807) is 0 Å². The quantitative estimate of drug-likeness (QED) is 0.854. The first-order valence-electron chi connectivity index (χ1n) is 9.32. The van der Waals surface area contributed by atoms with E-state index in [0.717, 1.165) is 56.1 Å². The van der Waals surface area contributed by atoms with Crippen LogP contribution >= 0.6 is 0 Å². The molecule has 2 aliphatic rings. The summed E-state index contributed by atoms with van der Waals surface area (Å²) < 4.78 is 1.87. The van der Waals surface area contributed by atoms with Crippen molar-refractivity contribution in [3.63, 3.8) is 0 Å². The number of piperidine rings is 1. The molecular formula is C18H26N6O. The van der Waals surface area contributed by atoms with Crippen LogP contribution in [0, 0.1) is 5.92 Å². The molecule has 7 nitrogen and oxygen atoms in total. The number of anilines is 1. The molecule has 7 heteroatoms. The summed E-state index contributed by atoms with van der Waals surface area (Å²) in [5, 5.41) is 13.3. The summed E-state index contributed by atoms with van der Waals surface area (Å²) in [6.45, 7) is 1.64. The summed E-state index contributed by atoms with van der Waals surface area (Å²) in [4.78, 5) is 16.6. The molecule has 2 aromatic rings. The van der Waals surface area contributed by atoms with Gasteiger partial charge in [-0.3, -0.25) is 4.79 Å². The number of amides is 1. The predicted molar refractivity (Wildman–Crippen MR) is 95.6 cm³/mol. The first-order valence-corrected chi connectivity index (χ1v) is 9.32. The van der Waals surface area contributed by atoms with Crippen molar-refractivity contribution in [2.75, 3.05) is 32.1 Å². The first-order chi connectivity index (χ1) is 12.1. The highest BCUT2D eigenvalue weighted by Crippen LogP contribution is 2.31. The second-order valence-corrected chi connectivity index (χ2v) is 7.50. The SMILES string of the molecule is CN(C)c1ccc2nnc(C3CCN(C(=O)C4CCCC4)CC3)n2n1. The number of rotatable bonds is 3. The van der Waals surface area contributed by atoms with Crippen molar-refractivity contribution in [2.24, 2.45) is 5.92 Å². The number of hydrogen-bond acceptors (Lipinski definition) is 5. The van der Waals surface area contributed by atoms with Crippen LogP contribution in [0.2, 0.25) is 0 Å². The van der Waals surface area contributed by atoms with Gasteiger partial charge in [0.1, 0.15) is 5.82 Å². The van der Waals surface area contributed by atoms with Crippen molar-refractivity contribution in [3.8, 4) is 0 Å². The summed E-state index contributed by atoms with van der Waals surface area (Å²) in [6.07, 6.45) is 6.44. The Morgan fingerprint density at radius 2 is 1.80 bits per heavy atom. The lowest BCUT2D eigenvalue weighted by molar-refractivity contribution is -0.136. The van der Waals surface area contributed by atoms with Gasteiger partial charge >= 0.3 is 0 Å². The molecule has 25 heavy (non-hydrogen) atoms. The van der Waals surface area contributed by atoms with E-state index >= 15 is 0 Å². The molecule has 0 spiro atoms. The van der Waals surface area contributed by atoms with E-state index in [1.165, 1.54) is 12.8 Å². The third-order valence-electron chi connectivity index (χ3n) is 5.61. The summed E-state index contributed by atoms with van der Waals surface area (Å²) in [6, 6.07) is 3.91. The second-order valence-electron chi connectivity index (χ2n) is 7.50. The van der Waals surface area contributed by atoms with E-state index in [4.69, 9.17) is 0 Å². The summed E-state index contributed by atoms with van der Waals surface area (Å²) in [7, 11) is 3.95. The van der Waals surface area contributed by atoms with Crippen molar-refractivity contribution in [3.05, 3.63) is 18.0 Å². The predicted octanol–water partition coefficient (Wildman–Crippen LogP) is 2.09. The highest BCUT2D eigenvalue weighted by atomic mass is 16.2. The van der Waals surface area contributed by atoms with Gasteiger partial charge in [-0.25, -0.2) is 0 Å². The fourth-order valence-corrected chi connectivity index (χ4v) is 4.08. The van der Waals surface area contributed by atoms with Gasteiger partial charge in [0.25, 0.3) is 0 Å². The fourth-order valence-electron chi connectivity index (χ4n) is 4.08. The van der Waals surface area contributed by atoms with Gasteiger partial charge in [0.2, 0.25) is 5.91 Å². The van der Waals surface area contributed by atoms with E-state index < -0.39 is 0 Å². The Labute approximate surface area is 148 Å². The minimum Gasteiger partial charge on any atom is -0.361 e. The Hall–Kier alpha value is -2.18. The normalized spacial score (nSPS) is 19.7. The summed E-state index contributed by atoms with van der Waals surface area (Å²) in [5.41, 5.74) is 0.782. The maximum absolute atomic E-state index is 12.6. The molecule has 1 saturated carbocycles. The first kappa shape index (κ1) is 16.3. The molecule has 2 aromatic heterocycles. The van der Waals surface area contributed by atoms with Crippen LogP contribution in [0.5, 0.6) is 0 Å². The molecule has 134 valence electrons. The standard InChI is InChI=1S/C18H26N6O/c1-22(2)16-8-7-15-19-20-17(24(15)21-16)13-9-11-23(12-10-13)18(25)14-5-3-4-6-14/h7-8,13-14H,3-6,9-12H2,1-2H3. The minimum atomic E-state index is 0.273. The molecule has 0 radical (unpaired) electrons. The van der Waals surface area contributed by atoms with Gasteiger partial charge in [-0.1, -0.05) is 12.8 Å². The van der Waals surface area contributed by atoms with Crippen molar-refractivity contribution in [1.82, 2.24) is 24.7 Å². The summed E-state index contributed by atoms with van der Waals surface area (Å²) in [5.74, 6) is 2.77. The minimum absolute atomic E-state index is 0.273. The van der Waals surface area contributed by atoms with Gasteiger partial charge in [0, 0.05) is 39.0 Å². The lowest BCUT2D eigenvalue weighted by Crippen LogP contribution is -2.41. The number of carbonyl (C=O) groups is 1. The van der Waals surface area contributed by atoms with Crippen molar-refractivity contribution >= 4 is 17.4 Å². The number of fused-ring (bicyclic) bond motifs is 1. The third kappa shape index (κ3) is 3.07. The molecule has 1 amide bonds. The fraction of sp³-hybridized carbons (Fsp3) is 0.667. The van der Waals surface area contributed by atoms with Crippen LogP contribution in [0.3, 0.4) is 0 Å². The monoisotopic (exact) mass is 342 g/mol. The largest absolute Gasteiger partial charge is 0.361 e. The van der Waals surface area contributed by atoms with Gasteiger partial charge in [-0.15, -0.1) is 15.3 Å².